The van der Waals surface area contributed by atoms with E-state index < -0.39 is 0 Å². The van der Waals surface area contributed by atoms with Crippen molar-refractivity contribution in [3.63, 3.8) is 0 Å². The van der Waals surface area contributed by atoms with Gasteiger partial charge in [0, 0.05) is 18.5 Å². The van der Waals surface area contributed by atoms with Crippen molar-refractivity contribution >= 4 is 12.2 Å². The van der Waals surface area contributed by atoms with Gasteiger partial charge in [0.1, 0.15) is 12.1 Å². The number of amides is 1. The van der Waals surface area contributed by atoms with Gasteiger partial charge in [0.2, 0.25) is 0 Å². The Morgan fingerprint density at radius 1 is 1.33 bits per heavy atom. The summed E-state index contributed by atoms with van der Waals surface area (Å²) < 4.78 is 12.5. The lowest BCUT2D eigenvalue weighted by Gasteiger charge is -2.03. The third kappa shape index (κ3) is 3.89. The first-order valence-corrected chi connectivity index (χ1v) is 4.71. The minimum Gasteiger partial charge on any atom is -0.352 e. The van der Waals surface area contributed by atoms with Crippen molar-refractivity contribution in [2.75, 3.05) is 6.54 Å². The first kappa shape index (κ1) is 11.4. The standard InChI is InChI=1S/C11H12FNO2/c12-10-5-3-9(4-6-10)11(15)13-7-1-2-8-14/h3-6,8H,1-2,7H2,(H,13,15). The molecular formula is C11H12FNO2. The molecule has 1 amide bonds. The van der Waals surface area contributed by atoms with E-state index in [9.17, 15) is 14.0 Å². The van der Waals surface area contributed by atoms with Crippen LogP contribution in [0.25, 0.3) is 0 Å². The van der Waals surface area contributed by atoms with Gasteiger partial charge in [-0.1, -0.05) is 0 Å². The lowest BCUT2D eigenvalue weighted by Crippen LogP contribution is -2.24. The highest BCUT2D eigenvalue weighted by Crippen LogP contribution is 2.02. The highest BCUT2D eigenvalue weighted by Gasteiger charge is 2.03. The molecule has 1 aromatic carbocycles. The largest absolute Gasteiger partial charge is 0.352 e. The fraction of sp³-hybridized carbons (Fsp3) is 0.273. The first-order chi connectivity index (χ1) is 7.24. The normalized spacial score (nSPS) is 9.67. The Morgan fingerprint density at radius 2 is 2.00 bits per heavy atom. The maximum absolute atomic E-state index is 12.5. The summed E-state index contributed by atoms with van der Waals surface area (Å²) >= 11 is 0. The zero-order chi connectivity index (χ0) is 11.1. The molecular weight excluding hydrogens is 197 g/mol. The number of rotatable bonds is 5. The van der Waals surface area contributed by atoms with Crippen molar-refractivity contribution in [2.24, 2.45) is 0 Å². The lowest BCUT2D eigenvalue weighted by atomic mass is 10.2. The lowest BCUT2D eigenvalue weighted by molar-refractivity contribution is -0.107. The molecule has 3 nitrogen and oxygen atoms in total. The Balaban J connectivity index is 2.40. The third-order valence-electron chi connectivity index (χ3n) is 1.89. The van der Waals surface area contributed by atoms with Gasteiger partial charge in [-0.15, -0.1) is 0 Å². The molecule has 0 bridgehead atoms. The zero-order valence-electron chi connectivity index (χ0n) is 8.20. The summed E-state index contributed by atoms with van der Waals surface area (Å²) in [5.74, 6) is -0.617. The minimum atomic E-state index is -0.368. The molecule has 0 aromatic heterocycles. The third-order valence-corrected chi connectivity index (χ3v) is 1.89. The smallest absolute Gasteiger partial charge is 0.251 e. The van der Waals surface area contributed by atoms with Crippen LogP contribution < -0.4 is 5.32 Å². The summed E-state index contributed by atoms with van der Waals surface area (Å²) in [6.45, 7) is 0.453. The highest BCUT2D eigenvalue weighted by atomic mass is 19.1. The van der Waals surface area contributed by atoms with Crippen LogP contribution in [-0.4, -0.2) is 18.7 Å². The van der Waals surface area contributed by atoms with Crippen molar-refractivity contribution in [2.45, 2.75) is 12.8 Å². The monoisotopic (exact) mass is 209 g/mol. The summed E-state index contributed by atoms with van der Waals surface area (Å²) in [5, 5.41) is 2.63. The number of carbonyl (C=O) groups excluding carboxylic acids is 2. The van der Waals surface area contributed by atoms with Crippen LogP contribution in [0.2, 0.25) is 0 Å². The molecule has 1 N–H and O–H groups in total. The molecule has 0 aliphatic rings. The molecule has 1 rings (SSSR count). The van der Waals surface area contributed by atoms with E-state index in [4.69, 9.17) is 0 Å². The summed E-state index contributed by atoms with van der Waals surface area (Å²) in [6.07, 6.45) is 1.87. The molecule has 0 saturated heterocycles. The fourth-order valence-corrected chi connectivity index (χ4v) is 1.09. The predicted octanol–water partition coefficient (Wildman–Crippen LogP) is 1.53. The van der Waals surface area contributed by atoms with Crippen molar-refractivity contribution in [3.05, 3.63) is 35.6 Å². The van der Waals surface area contributed by atoms with E-state index in [0.717, 1.165) is 6.29 Å². The topological polar surface area (TPSA) is 46.2 Å². The van der Waals surface area contributed by atoms with Gasteiger partial charge in [-0.25, -0.2) is 4.39 Å². The molecule has 0 aliphatic carbocycles. The van der Waals surface area contributed by atoms with E-state index in [-0.39, 0.29) is 11.7 Å². The van der Waals surface area contributed by atoms with Crippen molar-refractivity contribution in [1.82, 2.24) is 5.32 Å². The van der Waals surface area contributed by atoms with Crippen molar-refractivity contribution in [3.8, 4) is 0 Å². The summed E-state index contributed by atoms with van der Waals surface area (Å²) in [4.78, 5) is 21.4. The number of nitrogens with one attached hydrogen (secondary N) is 1. The summed E-state index contributed by atoms with van der Waals surface area (Å²) in [6, 6.07) is 5.31. The van der Waals surface area contributed by atoms with Gasteiger partial charge in [0.05, 0.1) is 0 Å². The Morgan fingerprint density at radius 3 is 2.60 bits per heavy atom. The molecule has 0 heterocycles. The minimum absolute atomic E-state index is 0.249. The molecule has 1 aromatic rings. The van der Waals surface area contributed by atoms with Crippen LogP contribution >= 0.6 is 0 Å². The number of carbonyl (C=O) groups is 2. The Kier molecular flexibility index (Phi) is 4.47. The van der Waals surface area contributed by atoms with E-state index in [1.54, 1.807) is 0 Å². The molecule has 4 heteroatoms. The highest BCUT2D eigenvalue weighted by molar-refractivity contribution is 5.94. The predicted molar refractivity (Wildman–Crippen MR) is 54.0 cm³/mol. The van der Waals surface area contributed by atoms with E-state index in [0.29, 0.717) is 24.9 Å². The molecule has 0 radical (unpaired) electrons. The van der Waals surface area contributed by atoms with E-state index in [1.165, 1.54) is 24.3 Å². The number of benzene rings is 1. The quantitative estimate of drug-likeness (QED) is 0.590. The first-order valence-electron chi connectivity index (χ1n) is 4.71. The molecule has 0 fully saturated rings. The summed E-state index contributed by atoms with van der Waals surface area (Å²) in [7, 11) is 0. The summed E-state index contributed by atoms with van der Waals surface area (Å²) in [5.41, 5.74) is 0.419. The second kappa shape index (κ2) is 5.90. The Labute approximate surface area is 87.3 Å². The van der Waals surface area contributed by atoms with Gasteiger partial charge in [0.25, 0.3) is 5.91 Å². The number of aldehydes is 1. The van der Waals surface area contributed by atoms with Crippen molar-refractivity contribution in [1.29, 1.82) is 0 Å². The Bertz CT molecular complexity index is 335. The Hall–Kier alpha value is -1.71. The second-order valence-electron chi connectivity index (χ2n) is 3.07. The van der Waals surface area contributed by atoms with E-state index in [1.807, 2.05) is 0 Å². The van der Waals surface area contributed by atoms with Crippen LogP contribution in [0.4, 0.5) is 4.39 Å². The number of unbranched alkanes of at least 4 members (excludes halogenated alkanes) is 1. The van der Waals surface area contributed by atoms with E-state index in [2.05, 4.69) is 5.32 Å². The van der Waals surface area contributed by atoms with Gasteiger partial charge in [-0.2, -0.15) is 0 Å². The molecule has 80 valence electrons. The SMILES string of the molecule is O=CCCCNC(=O)c1ccc(F)cc1. The van der Waals surface area contributed by atoms with Gasteiger partial charge in [-0.3, -0.25) is 4.79 Å². The van der Waals surface area contributed by atoms with Crippen LogP contribution in [-0.2, 0) is 4.79 Å². The van der Waals surface area contributed by atoms with Gasteiger partial charge in [-0.05, 0) is 30.7 Å². The second-order valence-corrected chi connectivity index (χ2v) is 3.07. The van der Waals surface area contributed by atoms with E-state index >= 15 is 0 Å². The molecule has 0 atom stereocenters. The number of hydrogen-bond acceptors (Lipinski definition) is 2. The molecule has 0 spiro atoms. The van der Waals surface area contributed by atoms with Crippen LogP contribution in [0.1, 0.15) is 23.2 Å². The average molecular weight is 209 g/mol. The molecule has 15 heavy (non-hydrogen) atoms. The van der Waals surface area contributed by atoms with Crippen LogP contribution in [0.15, 0.2) is 24.3 Å². The van der Waals surface area contributed by atoms with Crippen LogP contribution in [0, 0.1) is 5.82 Å². The van der Waals surface area contributed by atoms with Gasteiger partial charge >= 0.3 is 0 Å². The van der Waals surface area contributed by atoms with Gasteiger partial charge < -0.3 is 10.1 Å². The maximum Gasteiger partial charge on any atom is 0.251 e. The van der Waals surface area contributed by atoms with Crippen molar-refractivity contribution < 1.29 is 14.0 Å². The molecule has 0 saturated carbocycles. The molecule has 0 unspecified atom stereocenters. The average Bonchev–Trinajstić information content (AvgIpc) is 2.25. The maximum atomic E-state index is 12.5. The van der Waals surface area contributed by atoms with Crippen LogP contribution in [0.5, 0.6) is 0 Å². The number of hydrogen-bond donors (Lipinski definition) is 1. The molecule has 0 aliphatic heterocycles. The fourth-order valence-electron chi connectivity index (χ4n) is 1.09. The van der Waals surface area contributed by atoms with Gasteiger partial charge in [0.15, 0.2) is 0 Å². The van der Waals surface area contributed by atoms with Crippen LogP contribution in [0.3, 0.4) is 0 Å². The number of halogens is 1. The zero-order valence-corrected chi connectivity index (χ0v) is 8.20.